The molecule has 7 aromatic heterocycles. The predicted molar refractivity (Wildman–Crippen MR) is 247 cm³/mol. The van der Waals surface area contributed by atoms with Gasteiger partial charge in [-0.15, -0.1) is 0 Å². The quantitative estimate of drug-likeness (QED) is 0.154. The fourth-order valence-electron chi connectivity index (χ4n) is 8.94. The number of fused-ring (bicyclic) bond motifs is 20. The van der Waals surface area contributed by atoms with Gasteiger partial charge in [-0.05, 0) is 104 Å². The molecule has 0 aliphatic carbocycles. The van der Waals surface area contributed by atoms with Crippen LogP contribution in [0, 0.1) is 0 Å². The number of nitrogens with zero attached hydrogens (tertiary/aromatic N) is 12. The summed E-state index contributed by atoms with van der Waals surface area (Å²) in [7, 11) is 0. The van der Waals surface area contributed by atoms with Crippen LogP contribution in [0.5, 0.6) is 0 Å². The zero-order valence-corrected chi connectivity index (χ0v) is 37.2. The van der Waals surface area contributed by atoms with Crippen molar-refractivity contribution >= 4 is 44.1 Å². The van der Waals surface area contributed by atoms with Crippen LogP contribution >= 0.6 is 0 Å². The van der Waals surface area contributed by atoms with Crippen LogP contribution < -0.4 is 9.97 Å². The van der Waals surface area contributed by atoms with Crippen LogP contribution in [0.25, 0.3) is 134 Å². The Hall–Kier alpha value is -8.54. The number of hydrogen-bond donors (Lipinski definition) is 0. The van der Waals surface area contributed by atoms with Gasteiger partial charge < -0.3 is 29.9 Å². The molecule has 0 N–H and O–H groups in total. The Balaban J connectivity index is 0.00000444. The summed E-state index contributed by atoms with van der Waals surface area (Å²) in [5.74, 6) is 1.85. The average Bonchev–Trinajstić information content (AvgIpc) is 4.11. The molecule has 0 atom stereocenters. The predicted octanol–water partition coefficient (Wildman–Crippen LogP) is 10.4. The fourth-order valence-corrected chi connectivity index (χ4v) is 8.94. The maximum absolute atomic E-state index is 5.35. The van der Waals surface area contributed by atoms with E-state index in [2.05, 4.69) is 44.2 Å². The molecule has 11 aromatic rings. The van der Waals surface area contributed by atoms with Crippen LogP contribution in [0.1, 0.15) is 0 Å². The summed E-state index contributed by atoms with van der Waals surface area (Å²) in [6, 6.07) is 40.3. The molecule has 13 heteroatoms. The summed E-state index contributed by atoms with van der Waals surface area (Å²) in [6.45, 7) is 0. The summed E-state index contributed by atoms with van der Waals surface area (Å²) >= 11 is 0. The number of aromatic nitrogens is 12. The van der Waals surface area contributed by atoms with E-state index in [4.69, 9.17) is 39.9 Å². The zero-order chi connectivity index (χ0) is 42.1. The van der Waals surface area contributed by atoms with Crippen molar-refractivity contribution in [1.29, 1.82) is 0 Å². The third kappa shape index (κ3) is 6.23. The normalized spacial score (nSPS) is 11.6. The molecular formula is C52H28N12Zn. The van der Waals surface area contributed by atoms with Crippen LogP contribution in [0.4, 0.5) is 0 Å². The first-order valence-electron chi connectivity index (χ1n) is 20.6. The van der Waals surface area contributed by atoms with Crippen LogP contribution in [-0.2, 0) is 19.5 Å². The molecule has 0 unspecified atom stereocenters. The largest absolute Gasteiger partial charge is 2.00 e. The number of rotatable bonds is 4. The minimum Gasteiger partial charge on any atom is -0.357 e. The second-order valence-corrected chi connectivity index (χ2v) is 15.3. The van der Waals surface area contributed by atoms with Gasteiger partial charge in [0.05, 0.1) is 23.3 Å². The van der Waals surface area contributed by atoms with E-state index in [0.717, 1.165) is 88.3 Å². The first-order chi connectivity index (χ1) is 31.7. The molecule has 9 heterocycles. The summed E-state index contributed by atoms with van der Waals surface area (Å²) in [5, 5.41) is 3.26. The van der Waals surface area contributed by atoms with Crippen molar-refractivity contribution in [3.8, 4) is 90.1 Å². The fraction of sp³-hybridized carbons (Fsp3) is 0. The van der Waals surface area contributed by atoms with E-state index in [1.165, 1.54) is 0 Å². The van der Waals surface area contributed by atoms with Gasteiger partial charge in [-0.1, -0.05) is 72.8 Å². The van der Waals surface area contributed by atoms with Gasteiger partial charge in [0.25, 0.3) is 0 Å². The number of hydrogen-bond acceptors (Lipinski definition) is 10. The van der Waals surface area contributed by atoms with E-state index in [0.29, 0.717) is 45.9 Å². The van der Waals surface area contributed by atoms with Crippen molar-refractivity contribution in [3.63, 3.8) is 0 Å². The minimum absolute atomic E-state index is 0. The Labute approximate surface area is 382 Å². The molecule has 0 radical (unpaired) electrons. The molecular weight excluding hydrogens is 858 g/mol. The van der Waals surface area contributed by atoms with Crippen LogP contribution in [0.2, 0.25) is 0 Å². The zero-order valence-electron chi connectivity index (χ0n) is 34.2. The SMILES string of the molecule is [Zn+2].c1cc(-c2ccncc2)c2c(c1)-c1nc-2nc2[n-]c(nc3nc(nc4[n-]c(n1)c1c(-c5ccncc5)cccc41)-c1c(-c4ccncc4)cccc1-3)c1c(-c3ccncc3)cccc21. The summed E-state index contributed by atoms with van der Waals surface area (Å²) in [6.07, 6.45) is 14.3. The van der Waals surface area contributed by atoms with Crippen LogP contribution in [0.3, 0.4) is 0 Å². The molecule has 298 valence electrons. The molecule has 0 fully saturated rings. The van der Waals surface area contributed by atoms with Crippen molar-refractivity contribution < 1.29 is 19.5 Å². The first kappa shape index (κ1) is 38.2. The van der Waals surface area contributed by atoms with E-state index < -0.39 is 0 Å². The third-order valence-electron chi connectivity index (χ3n) is 11.8. The molecule has 4 aromatic carbocycles. The van der Waals surface area contributed by atoms with Gasteiger partial charge in [0.1, 0.15) is 0 Å². The topological polar surface area (TPSA) is 157 Å². The summed E-state index contributed by atoms with van der Waals surface area (Å²) in [5.41, 5.74) is 12.7. The molecule has 12 nitrogen and oxygen atoms in total. The van der Waals surface area contributed by atoms with Gasteiger partial charge in [-0.25, -0.2) is 9.97 Å². The average molecular weight is 886 g/mol. The Morgan fingerprint density at radius 2 is 0.585 bits per heavy atom. The van der Waals surface area contributed by atoms with Crippen molar-refractivity contribution in [2.45, 2.75) is 0 Å². The molecule has 2 aliphatic rings. The Kier molecular flexibility index (Phi) is 9.02. The second-order valence-electron chi connectivity index (χ2n) is 15.3. The number of benzene rings is 4. The Morgan fingerprint density at radius 1 is 0.277 bits per heavy atom. The first-order valence-corrected chi connectivity index (χ1v) is 20.6. The summed E-state index contributed by atoms with van der Waals surface area (Å²) in [4.78, 5) is 59.6. The second kappa shape index (κ2) is 15.4. The van der Waals surface area contributed by atoms with Gasteiger partial charge in [-0.3, -0.25) is 19.9 Å². The maximum Gasteiger partial charge on any atom is 2.00 e. The standard InChI is InChI=1S/C52H28N12.Zn/c1-5-33(29-13-21-53-22-14-29)41-37(9-1)45-57-49(41)62-46-39-11-3-7-35(31-17-25-55-26-18-31)43(39)51(59-46)64-48-40-12-4-8-36(32-19-27-56-28-20-32)44(40)52(60-48)63-47-38-10-2-6-34(30-15-23-54-24-16-30)42(38)50(58-47)61-45;/h1-28H;/q-2;+2. The van der Waals surface area contributed by atoms with E-state index in [1.54, 1.807) is 49.6 Å². The molecule has 0 spiro atoms. The Morgan fingerprint density at radius 3 is 0.969 bits per heavy atom. The van der Waals surface area contributed by atoms with Gasteiger partial charge >= 0.3 is 19.5 Å². The molecule has 2 aliphatic heterocycles. The monoisotopic (exact) mass is 884 g/mol. The Bertz CT molecular complexity index is 3590. The van der Waals surface area contributed by atoms with Crippen LogP contribution in [0.15, 0.2) is 171 Å². The minimum atomic E-state index is 0. The summed E-state index contributed by atoms with van der Waals surface area (Å²) < 4.78 is 0. The molecule has 8 bridgehead atoms. The van der Waals surface area contributed by atoms with E-state index in [1.807, 2.05) is 97.1 Å². The van der Waals surface area contributed by atoms with Crippen molar-refractivity contribution in [2.24, 2.45) is 0 Å². The van der Waals surface area contributed by atoms with Crippen molar-refractivity contribution in [1.82, 2.24) is 59.8 Å². The third-order valence-corrected chi connectivity index (χ3v) is 11.8. The van der Waals surface area contributed by atoms with Crippen molar-refractivity contribution in [3.05, 3.63) is 171 Å². The van der Waals surface area contributed by atoms with Gasteiger partial charge in [0.2, 0.25) is 0 Å². The smallest absolute Gasteiger partial charge is 0.357 e. The maximum atomic E-state index is 5.35. The van der Waals surface area contributed by atoms with E-state index in [-0.39, 0.29) is 19.5 Å². The van der Waals surface area contributed by atoms with E-state index >= 15 is 0 Å². The van der Waals surface area contributed by atoms with Crippen LogP contribution in [-0.4, -0.2) is 49.8 Å². The van der Waals surface area contributed by atoms with E-state index in [9.17, 15) is 0 Å². The molecule has 0 saturated carbocycles. The van der Waals surface area contributed by atoms with Gasteiger partial charge in [0, 0.05) is 105 Å². The number of pyridine rings is 4. The molecule has 65 heavy (non-hydrogen) atoms. The van der Waals surface area contributed by atoms with Crippen molar-refractivity contribution in [2.75, 3.05) is 0 Å². The van der Waals surface area contributed by atoms with Gasteiger partial charge in [0.15, 0.2) is 0 Å². The molecule has 13 rings (SSSR count). The molecule has 0 saturated heterocycles. The molecule has 0 amide bonds. The van der Waals surface area contributed by atoms with Gasteiger partial charge in [-0.2, -0.15) is 0 Å².